The third-order valence-corrected chi connectivity index (χ3v) is 5.20. The van der Waals surface area contributed by atoms with Gasteiger partial charge in [-0.25, -0.2) is 9.78 Å². The minimum Gasteiger partial charge on any atom is -0.451 e. The molecule has 5 nitrogen and oxygen atoms in total. The van der Waals surface area contributed by atoms with Gasteiger partial charge >= 0.3 is 5.97 Å². The summed E-state index contributed by atoms with van der Waals surface area (Å²) in [5, 5.41) is 3.57. The fraction of sp³-hybridized carbons (Fsp3) is 0.190. The van der Waals surface area contributed by atoms with Crippen LogP contribution in [-0.4, -0.2) is 23.5 Å². The van der Waals surface area contributed by atoms with E-state index in [1.807, 2.05) is 67.6 Å². The van der Waals surface area contributed by atoms with Gasteiger partial charge in [0, 0.05) is 5.56 Å². The topological polar surface area (TPSA) is 68.3 Å². The molecule has 0 saturated heterocycles. The van der Waals surface area contributed by atoms with E-state index >= 15 is 0 Å². The fourth-order valence-electron chi connectivity index (χ4n) is 2.59. The monoisotopic (exact) mass is 380 g/mol. The molecule has 1 N–H and O–H groups in total. The molecule has 0 bridgehead atoms. The van der Waals surface area contributed by atoms with Crippen molar-refractivity contribution < 1.29 is 14.3 Å². The second-order valence-electron chi connectivity index (χ2n) is 6.08. The number of nitrogens with one attached hydrogen (secondary N) is 1. The maximum absolute atomic E-state index is 12.3. The molecule has 0 unspecified atom stereocenters. The van der Waals surface area contributed by atoms with Gasteiger partial charge in [-0.1, -0.05) is 60.7 Å². The molecular weight excluding hydrogens is 360 g/mol. The predicted molar refractivity (Wildman–Crippen MR) is 106 cm³/mol. The second kappa shape index (κ2) is 8.60. The Morgan fingerprint density at radius 2 is 1.70 bits per heavy atom. The lowest BCUT2D eigenvalue weighted by atomic mass is 10.1. The first-order valence-electron chi connectivity index (χ1n) is 8.59. The van der Waals surface area contributed by atoms with Crippen molar-refractivity contribution in [2.75, 3.05) is 6.61 Å². The molecular formula is C21H20N2O3S. The summed E-state index contributed by atoms with van der Waals surface area (Å²) in [7, 11) is 0. The van der Waals surface area contributed by atoms with E-state index in [-0.39, 0.29) is 18.6 Å². The normalized spacial score (nSPS) is 11.6. The molecule has 0 radical (unpaired) electrons. The molecule has 138 valence electrons. The van der Waals surface area contributed by atoms with E-state index in [0.717, 1.165) is 16.1 Å². The number of hydrogen-bond acceptors (Lipinski definition) is 5. The number of thiazole rings is 1. The lowest BCUT2D eigenvalue weighted by Gasteiger charge is -2.14. The minimum absolute atomic E-state index is 0.160. The molecule has 0 fully saturated rings. The number of nitrogens with zero attached hydrogens (tertiary/aromatic N) is 1. The summed E-state index contributed by atoms with van der Waals surface area (Å²) in [6.45, 7) is 3.32. The van der Waals surface area contributed by atoms with Crippen LogP contribution in [0.25, 0.3) is 10.6 Å². The highest BCUT2D eigenvalue weighted by Gasteiger charge is 2.19. The van der Waals surface area contributed by atoms with E-state index in [2.05, 4.69) is 10.3 Å². The first-order chi connectivity index (χ1) is 13.0. The summed E-state index contributed by atoms with van der Waals surface area (Å²) in [5.74, 6) is -0.875. The van der Waals surface area contributed by atoms with Crippen molar-refractivity contribution in [1.29, 1.82) is 0 Å². The molecule has 1 heterocycles. The molecule has 1 amide bonds. The highest BCUT2D eigenvalue weighted by Crippen LogP contribution is 2.28. The quantitative estimate of drug-likeness (QED) is 0.652. The maximum Gasteiger partial charge on any atom is 0.350 e. The molecule has 0 saturated carbocycles. The first-order valence-corrected chi connectivity index (χ1v) is 9.40. The van der Waals surface area contributed by atoms with Crippen LogP contribution in [0.15, 0.2) is 60.7 Å². The van der Waals surface area contributed by atoms with Gasteiger partial charge in [0.05, 0.1) is 11.7 Å². The second-order valence-corrected chi connectivity index (χ2v) is 7.07. The van der Waals surface area contributed by atoms with Crippen molar-refractivity contribution in [3.8, 4) is 10.6 Å². The van der Waals surface area contributed by atoms with Crippen molar-refractivity contribution >= 4 is 23.2 Å². The molecule has 0 aliphatic rings. The van der Waals surface area contributed by atoms with Crippen molar-refractivity contribution in [3.63, 3.8) is 0 Å². The highest BCUT2D eigenvalue weighted by molar-refractivity contribution is 7.17. The molecule has 1 aromatic heterocycles. The molecule has 0 aliphatic heterocycles. The van der Waals surface area contributed by atoms with Crippen LogP contribution in [0.1, 0.15) is 33.9 Å². The summed E-state index contributed by atoms with van der Waals surface area (Å²) >= 11 is 1.27. The number of hydrogen-bond donors (Lipinski definition) is 1. The van der Waals surface area contributed by atoms with Gasteiger partial charge in [-0.05, 0) is 19.4 Å². The molecule has 6 heteroatoms. The van der Waals surface area contributed by atoms with Crippen molar-refractivity contribution in [2.45, 2.75) is 19.9 Å². The lowest BCUT2D eigenvalue weighted by molar-refractivity contribution is -0.124. The first kappa shape index (κ1) is 18.8. The number of aromatic nitrogens is 1. The Bertz CT molecular complexity index is 923. The van der Waals surface area contributed by atoms with Crippen molar-refractivity contribution in [2.24, 2.45) is 0 Å². The zero-order valence-corrected chi connectivity index (χ0v) is 16.0. The summed E-state index contributed by atoms with van der Waals surface area (Å²) < 4.78 is 5.18. The van der Waals surface area contributed by atoms with Crippen LogP contribution in [0.3, 0.4) is 0 Å². The summed E-state index contributed by atoms with van der Waals surface area (Å²) in [4.78, 5) is 29.3. The Labute approximate surface area is 162 Å². The number of benzene rings is 2. The largest absolute Gasteiger partial charge is 0.451 e. The average molecular weight is 380 g/mol. The number of ether oxygens (including phenoxy) is 1. The zero-order chi connectivity index (χ0) is 19.2. The Kier molecular flexibility index (Phi) is 5.98. The Hall–Kier alpha value is -2.99. The number of carbonyl (C=O) groups is 2. The van der Waals surface area contributed by atoms with E-state index < -0.39 is 5.97 Å². The zero-order valence-electron chi connectivity index (χ0n) is 15.1. The van der Waals surface area contributed by atoms with Crippen LogP contribution in [0.5, 0.6) is 0 Å². The molecule has 3 aromatic rings. The van der Waals surface area contributed by atoms with Gasteiger partial charge in [-0.3, -0.25) is 4.79 Å². The fourth-order valence-corrected chi connectivity index (χ4v) is 3.56. The minimum atomic E-state index is -0.533. The number of carbonyl (C=O) groups excluding carboxylic acids is 2. The van der Waals surface area contributed by atoms with E-state index in [9.17, 15) is 9.59 Å². The Morgan fingerprint density at radius 1 is 1.07 bits per heavy atom. The third kappa shape index (κ3) is 4.80. The lowest BCUT2D eigenvalue weighted by Crippen LogP contribution is -2.31. The standard InChI is InChI=1S/C21H20N2O3S/c1-14(16-9-5-3-6-10-16)22-18(24)13-26-21(25)19-15(2)23-20(27-19)17-11-7-4-8-12-17/h3-12,14H,13H2,1-2H3,(H,22,24)/t14-/m1/s1. The molecule has 0 aliphatic carbocycles. The Morgan fingerprint density at radius 3 is 2.37 bits per heavy atom. The van der Waals surface area contributed by atoms with Crippen molar-refractivity contribution in [3.05, 3.63) is 76.8 Å². The van der Waals surface area contributed by atoms with Gasteiger partial charge < -0.3 is 10.1 Å². The number of aryl methyl sites for hydroxylation is 1. The maximum atomic E-state index is 12.3. The van der Waals surface area contributed by atoms with E-state index in [4.69, 9.17) is 4.74 Å². The van der Waals surface area contributed by atoms with E-state index in [0.29, 0.717) is 10.6 Å². The van der Waals surface area contributed by atoms with Crippen LogP contribution in [0.4, 0.5) is 0 Å². The smallest absolute Gasteiger partial charge is 0.350 e. The van der Waals surface area contributed by atoms with Gasteiger partial charge in [-0.2, -0.15) is 0 Å². The molecule has 27 heavy (non-hydrogen) atoms. The van der Waals surface area contributed by atoms with Crippen LogP contribution in [-0.2, 0) is 9.53 Å². The molecule has 1 atom stereocenters. The van der Waals surface area contributed by atoms with Crippen LogP contribution in [0, 0.1) is 6.92 Å². The average Bonchev–Trinajstić information content (AvgIpc) is 3.09. The summed E-state index contributed by atoms with van der Waals surface area (Å²) in [6.07, 6.45) is 0. The number of amides is 1. The molecule has 0 spiro atoms. The summed E-state index contributed by atoms with van der Waals surface area (Å²) in [5.41, 5.74) is 2.53. The van der Waals surface area contributed by atoms with E-state index in [1.165, 1.54) is 11.3 Å². The van der Waals surface area contributed by atoms with Crippen LogP contribution >= 0.6 is 11.3 Å². The summed E-state index contributed by atoms with van der Waals surface area (Å²) in [6, 6.07) is 19.1. The van der Waals surface area contributed by atoms with Crippen LogP contribution in [0.2, 0.25) is 0 Å². The number of esters is 1. The van der Waals surface area contributed by atoms with E-state index in [1.54, 1.807) is 6.92 Å². The Balaban J connectivity index is 1.58. The molecule has 2 aromatic carbocycles. The van der Waals surface area contributed by atoms with Crippen molar-refractivity contribution in [1.82, 2.24) is 10.3 Å². The number of rotatable bonds is 6. The molecule has 3 rings (SSSR count). The van der Waals surface area contributed by atoms with Gasteiger partial charge in [0.25, 0.3) is 5.91 Å². The third-order valence-electron chi connectivity index (χ3n) is 4.01. The van der Waals surface area contributed by atoms with Gasteiger partial charge in [-0.15, -0.1) is 11.3 Å². The van der Waals surface area contributed by atoms with Gasteiger partial charge in [0.15, 0.2) is 6.61 Å². The highest BCUT2D eigenvalue weighted by atomic mass is 32.1. The van der Waals surface area contributed by atoms with Gasteiger partial charge in [0.1, 0.15) is 9.88 Å². The predicted octanol–water partition coefficient (Wildman–Crippen LogP) is 4.15. The van der Waals surface area contributed by atoms with Gasteiger partial charge in [0.2, 0.25) is 0 Å². The SMILES string of the molecule is Cc1nc(-c2ccccc2)sc1C(=O)OCC(=O)N[C@H](C)c1ccccc1. The van der Waals surface area contributed by atoms with Crippen LogP contribution < -0.4 is 5.32 Å².